The summed E-state index contributed by atoms with van der Waals surface area (Å²) >= 11 is 2.65. The average Bonchev–Trinajstić information content (AvgIpc) is 3.20. The van der Waals surface area contributed by atoms with Crippen LogP contribution in [0.3, 0.4) is 0 Å². The molecule has 152 valence electrons. The maximum absolute atomic E-state index is 13.2. The van der Waals surface area contributed by atoms with E-state index >= 15 is 0 Å². The fraction of sp³-hybridized carbons (Fsp3) is 0.174. The molecule has 2 aromatic carbocycles. The van der Waals surface area contributed by atoms with Gasteiger partial charge in [0.2, 0.25) is 5.91 Å². The Morgan fingerprint density at radius 3 is 2.63 bits per heavy atom. The summed E-state index contributed by atoms with van der Waals surface area (Å²) < 4.78 is 2.23. The number of carbonyl (C=O) groups is 1. The van der Waals surface area contributed by atoms with Crippen molar-refractivity contribution in [1.82, 2.24) is 9.55 Å². The van der Waals surface area contributed by atoms with Crippen molar-refractivity contribution in [2.45, 2.75) is 25.9 Å². The second-order valence-corrected chi connectivity index (χ2v) is 8.90. The molecule has 1 amide bonds. The number of hydrogen-bond acceptors (Lipinski definition) is 5. The number of thiophene rings is 1. The summed E-state index contributed by atoms with van der Waals surface area (Å²) in [5, 5.41) is 5.34. The Balaban J connectivity index is 1.66. The molecule has 0 aliphatic heterocycles. The topological polar surface area (TPSA) is 64.0 Å². The second-order valence-electron chi connectivity index (χ2n) is 7.04. The summed E-state index contributed by atoms with van der Waals surface area (Å²) in [5.74, 6) is 0.0196. The van der Waals surface area contributed by atoms with Gasteiger partial charge in [0.1, 0.15) is 4.70 Å². The molecular formula is C23H21N3O2S2. The lowest BCUT2D eigenvalue weighted by molar-refractivity contribution is -0.113. The van der Waals surface area contributed by atoms with Gasteiger partial charge in [0.25, 0.3) is 5.56 Å². The molecule has 0 saturated carbocycles. The summed E-state index contributed by atoms with van der Waals surface area (Å²) in [4.78, 5) is 30.5. The van der Waals surface area contributed by atoms with Gasteiger partial charge in [-0.25, -0.2) is 4.98 Å². The summed E-state index contributed by atoms with van der Waals surface area (Å²) in [6, 6.07) is 15.4. The number of carbonyl (C=O) groups excluding carboxylic acids is 1. The number of anilines is 1. The van der Waals surface area contributed by atoms with Gasteiger partial charge in [-0.05, 0) is 61.0 Å². The van der Waals surface area contributed by atoms with Crippen molar-refractivity contribution in [1.29, 1.82) is 0 Å². The fourth-order valence-corrected chi connectivity index (χ4v) is 4.78. The van der Waals surface area contributed by atoms with Crippen molar-refractivity contribution in [3.63, 3.8) is 0 Å². The fourth-order valence-electron chi connectivity index (χ4n) is 3.22. The number of aromatic nitrogens is 2. The van der Waals surface area contributed by atoms with Gasteiger partial charge in [0.05, 0.1) is 17.0 Å². The van der Waals surface area contributed by atoms with E-state index < -0.39 is 0 Å². The minimum absolute atomic E-state index is 0.110. The molecule has 4 rings (SSSR count). The maximum atomic E-state index is 13.2. The Hall–Kier alpha value is -2.90. The first-order valence-electron chi connectivity index (χ1n) is 9.51. The molecule has 0 saturated heterocycles. The van der Waals surface area contributed by atoms with Crippen LogP contribution in [-0.4, -0.2) is 21.2 Å². The predicted molar refractivity (Wildman–Crippen MR) is 125 cm³/mol. The van der Waals surface area contributed by atoms with Crippen LogP contribution in [0.15, 0.2) is 63.9 Å². The lowest BCUT2D eigenvalue weighted by Gasteiger charge is -2.14. The number of rotatable bonds is 5. The van der Waals surface area contributed by atoms with Crippen LogP contribution in [0.25, 0.3) is 15.9 Å². The van der Waals surface area contributed by atoms with Gasteiger partial charge in [0, 0.05) is 5.69 Å². The van der Waals surface area contributed by atoms with E-state index in [9.17, 15) is 9.59 Å². The lowest BCUT2D eigenvalue weighted by Crippen LogP contribution is -2.23. The molecule has 0 atom stereocenters. The van der Waals surface area contributed by atoms with Crippen LogP contribution in [0.4, 0.5) is 5.69 Å². The predicted octanol–water partition coefficient (Wildman–Crippen LogP) is 5.10. The minimum Gasteiger partial charge on any atom is -0.325 e. The smallest absolute Gasteiger partial charge is 0.276 e. The zero-order chi connectivity index (χ0) is 21.3. The Morgan fingerprint density at radius 1 is 1.07 bits per heavy atom. The highest BCUT2D eigenvalue weighted by Gasteiger charge is 2.17. The van der Waals surface area contributed by atoms with Gasteiger partial charge >= 0.3 is 0 Å². The van der Waals surface area contributed by atoms with Crippen molar-refractivity contribution in [2.24, 2.45) is 0 Å². The molecule has 7 heteroatoms. The third kappa shape index (κ3) is 3.91. The standard InChI is InChI=1S/C23H21N3O2S2/c1-14-8-6-9-17(16(14)3)24-20(27)13-30-23-25-18-11-12-29-21(18)22(28)26(23)19-10-5-4-7-15(19)2/h4-12H,13H2,1-3H3,(H,24,27). The molecule has 0 bridgehead atoms. The lowest BCUT2D eigenvalue weighted by atomic mass is 10.1. The quantitative estimate of drug-likeness (QED) is 0.350. The highest BCUT2D eigenvalue weighted by molar-refractivity contribution is 7.99. The molecule has 5 nitrogen and oxygen atoms in total. The van der Waals surface area contributed by atoms with Crippen LogP contribution in [0, 0.1) is 20.8 Å². The van der Waals surface area contributed by atoms with Crippen LogP contribution in [-0.2, 0) is 4.79 Å². The number of nitrogens with zero attached hydrogens (tertiary/aromatic N) is 2. The highest BCUT2D eigenvalue weighted by atomic mass is 32.2. The van der Waals surface area contributed by atoms with Crippen LogP contribution < -0.4 is 10.9 Å². The summed E-state index contributed by atoms with van der Waals surface area (Å²) in [5.41, 5.74) is 5.28. The first-order valence-corrected chi connectivity index (χ1v) is 11.4. The number of thioether (sulfide) groups is 1. The van der Waals surface area contributed by atoms with Gasteiger partial charge in [-0.1, -0.05) is 42.1 Å². The number of para-hydroxylation sites is 1. The third-order valence-corrected chi connectivity index (χ3v) is 6.85. The molecule has 0 spiro atoms. The molecule has 2 aromatic heterocycles. The first kappa shape index (κ1) is 20.4. The van der Waals surface area contributed by atoms with Crippen LogP contribution in [0.5, 0.6) is 0 Å². The molecule has 0 radical (unpaired) electrons. The van der Waals surface area contributed by atoms with Crippen LogP contribution in [0.2, 0.25) is 0 Å². The van der Waals surface area contributed by atoms with E-state index in [2.05, 4.69) is 10.3 Å². The molecule has 0 fully saturated rings. The van der Waals surface area contributed by atoms with E-state index in [0.717, 1.165) is 28.1 Å². The number of nitrogens with one attached hydrogen (secondary N) is 1. The van der Waals surface area contributed by atoms with Crippen LogP contribution >= 0.6 is 23.1 Å². The number of benzene rings is 2. The third-order valence-electron chi connectivity index (χ3n) is 5.02. The summed E-state index contributed by atoms with van der Waals surface area (Å²) in [7, 11) is 0. The van der Waals surface area contributed by atoms with Crippen molar-refractivity contribution < 1.29 is 4.79 Å². The van der Waals surface area contributed by atoms with Crippen molar-refractivity contribution in [2.75, 3.05) is 11.1 Å². The summed E-state index contributed by atoms with van der Waals surface area (Å²) in [6.45, 7) is 5.96. The number of aryl methyl sites for hydroxylation is 2. The van der Waals surface area contributed by atoms with E-state index in [1.54, 1.807) is 4.57 Å². The van der Waals surface area contributed by atoms with Gasteiger partial charge in [-0.3, -0.25) is 14.2 Å². The Bertz CT molecular complexity index is 1310. The van der Waals surface area contributed by atoms with E-state index in [4.69, 9.17) is 0 Å². The monoisotopic (exact) mass is 435 g/mol. The normalized spacial score (nSPS) is 11.0. The Labute approximate surface area is 182 Å². The van der Waals surface area contributed by atoms with Crippen molar-refractivity contribution >= 4 is 44.9 Å². The van der Waals surface area contributed by atoms with Crippen LogP contribution in [0.1, 0.15) is 16.7 Å². The largest absolute Gasteiger partial charge is 0.325 e. The van der Waals surface area contributed by atoms with E-state index in [0.29, 0.717) is 15.4 Å². The number of amides is 1. The first-order chi connectivity index (χ1) is 14.5. The molecule has 1 N–H and O–H groups in total. The Morgan fingerprint density at radius 2 is 1.83 bits per heavy atom. The van der Waals surface area contributed by atoms with Crippen molar-refractivity contribution in [3.05, 3.63) is 81.0 Å². The van der Waals surface area contributed by atoms with Gasteiger partial charge in [-0.15, -0.1) is 11.3 Å². The van der Waals surface area contributed by atoms with Gasteiger partial charge in [-0.2, -0.15) is 0 Å². The average molecular weight is 436 g/mol. The number of fused-ring (bicyclic) bond motifs is 1. The molecule has 2 heterocycles. The number of hydrogen-bond donors (Lipinski definition) is 1. The zero-order valence-electron chi connectivity index (χ0n) is 16.9. The highest BCUT2D eigenvalue weighted by Crippen LogP contribution is 2.25. The van der Waals surface area contributed by atoms with Crippen molar-refractivity contribution in [3.8, 4) is 5.69 Å². The molecule has 4 aromatic rings. The van der Waals surface area contributed by atoms with E-state index in [1.807, 2.05) is 74.7 Å². The molecule has 0 aliphatic rings. The molecule has 0 aliphatic carbocycles. The van der Waals surface area contributed by atoms with Gasteiger partial charge in [0.15, 0.2) is 5.16 Å². The molecular weight excluding hydrogens is 414 g/mol. The zero-order valence-corrected chi connectivity index (χ0v) is 18.6. The Kier molecular flexibility index (Phi) is 5.74. The minimum atomic E-state index is -0.135. The second kappa shape index (κ2) is 8.45. The van der Waals surface area contributed by atoms with E-state index in [-0.39, 0.29) is 17.2 Å². The molecule has 0 unspecified atom stereocenters. The SMILES string of the molecule is Cc1ccccc1-n1c(SCC(=O)Nc2cccc(C)c2C)nc2ccsc2c1=O. The van der Waals surface area contributed by atoms with Gasteiger partial charge < -0.3 is 5.32 Å². The van der Waals surface area contributed by atoms with E-state index in [1.165, 1.54) is 23.1 Å². The molecule has 30 heavy (non-hydrogen) atoms. The maximum Gasteiger partial charge on any atom is 0.276 e. The summed E-state index contributed by atoms with van der Waals surface area (Å²) in [6.07, 6.45) is 0.